The lowest BCUT2D eigenvalue weighted by molar-refractivity contribution is -0.117. The fourth-order valence-electron chi connectivity index (χ4n) is 3.04. The van der Waals surface area contributed by atoms with Crippen LogP contribution in [0.25, 0.3) is 11.3 Å². The molecule has 1 saturated heterocycles. The molecule has 2 aromatic carbocycles. The van der Waals surface area contributed by atoms with Gasteiger partial charge in [-0.05, 0) is 30.7 Å². The van der Waals surface area contributed by atoms with Crippen molar-refractivity contribution in [1.29, 1.82) is 0 Å². The fourth-order valence-corrected chi connectivity index (χ4v) is 4.67. The number of carbonyl (C=O) groups excluding carboxylic acids is 2. The Balaban J connectivity index is 1.30. The van der Waals surface area contributed by atoms with E-state index in [0.29, 0.717) is 12.2 Å². The van der Waals surface area contributed by atoms with E-state index in [1.807, 2.05) is 60.0 Å². The Morgan fingerprint density at radius 3 is 2.64 bits per heavy atom. The van der Waals surface area contributed by atoms with Gasteiger partial charge in [-0.3, -0.25) is 9.59 Å². The molecule has 0 aliphatic carbocycles. The number of anilines is 2. The zero-order chi connectivity index (χ0) is 19.3. The average Bonchev–Trinajstić information content (AvgIpc) is 3.37. The van der Waals surface area contributed by atoms with Gasteiger partial charge < -0.3 is 10.2 Å². The average molecular weight is 410 g/mol. The predicted octanol–water partition coefficient (Wildman–Crippen LogP) is 4.67. The largest absolute Gasteiger partial charge is 0.325 e. The van der Waals surface area contributed by atoms with E-state index >= 15 is 0 Å². The Morgan fingerprint density at radius 1 is 1.14 bits per heavy atom. The summed E-state index contributed by atoms with van der Waals surface area (Å²) in [6.07, 6.45) is 1.51. The topological polar surface area (TPSA) is 62.3 Å². The molecular weight excluding hydrogens is 390 g/mol. The van der Waals surface area contributed by atoms with Gasteiger partial charge in [-0.2, -0.15) is 0 Å². The van der Waals surface area contributed by atoms with Gasteiger partial charge in [0.15, 0.2) is 4.34 Å². The first-order chi connectivity index (χ1) is 13.7. The van der Waals surface area contributed by atoms with Crippen LogP contribution in [0.3, 0.4) is 0 Å². The molecular formula is C21H19N3O2S2. The molecule has 1 aliphatic heterocycles. The van der Waals surface area contributed by atoms with Gasteiger partial charge in [0, 0.05) is 35.3 Å². The fraction of sp³-hybridized carbons (Fsp3) is 0.190. The Morgan fingerprint density at radius 2 is 1.93 bits per heavy atom. The van der Waals surface area contributed by atoms with Gasteiger partial charge in [-0.25, -0.2) is 4.98 Å². The molecule has 2 amide bonds. The number of rotatable bonds is 6. The first-order valence-electron chi connectivity index (χ1n) is 9.03. The van der Waals surface area contributed by atoms with E-state index < -0.39 is 0 Å². The van der Waals surface area contributed by atoms with E-state index in [1.165, 1.54) is 11.8 Å². The Kier molecular flexibility index (Phi) is 5.73. The molecule has 4 rings (SSSR count). The zero-order valence-electron chi connectivity index (χ0n) is 15.1. The van der Waals surface area contributed by atoms with E-state index in [9.17, 15) is 9.59 Å². The number of carbonyl (C=O) groups is 2. The number of benzene rings is 2. The number of nitrogens with one attached hydrogen (secondary N) is 1. The number of thiazole rings is 1. The summed E-state index contributed by atoms with van der Waals surface area (Å²) in [5.41, 5.74) is 3.61. The third kappa shape index (κ3) is 4.43. The van der Waals surface area contributed by atoms with E-state index in [4.69, 9.17) is 0 Å². The number of nitrogens with zero attached hydrogens (tertiary/aromatic N) is 2. The second-order valence-corrected chi connectivity index (χ2v) is 8.48. The van der Waals surface area contributed by atoms with Gasteiger partial charge in [0.25, 0.3) is 0 Å². The maximum absolute atomic E-state index is 12.2. The molecule has 0 bridgehead atoms. The molecule has 0 spiro atoms. The van der Waals surface area contributed by atoms with Crippen molar-refractivity contribution in [3.05, 3.63) is 60.0 Å². The molecule has 142 valence electrons. The molecule has 0 unspecified atom stereocenters. The number of hydrogen-bond acceptors (Lipinski definition) is 5. The van der Waals surface area contributed by atoms with Crippen LogP contribution in [0.1, 0.15) is 12.8 Å². The number of hydrogen-bond donors (Lipinski definition) is 1. The Bertz CT molecular complexity index is 971. The van der Waals surface area contributed by atoms with Crippen molar-refractivity contribution < 1.29 is 9.59 Å². The molecule has 28 heavy (non-hydrogen) atoms. The predicted molar refractivity (Wildman–Crippen MR) is 115 cm³/mol. The summed E-state index contributed by atoms with van der Waals surface area (Å²) in [7, 11) is 0. The van der Waals surface area contributed by atoms with Crippen molar-refractivity contribution >= 4 is 46.3 Å². The molecule has 1 N–H and O–H groups in total. The highest BCUT2D eigenvalue weighted by Crippen LogP contribution is 2.28. The van der Waals surface area contributed by atoms with Crippen LogP contribution in [0.4, 0.5) is 11.4 Å². The van der Waals surface area contributed by atoms with Crippen molar-refractivity contribution in [2.45, 2.75) is 17.2 Å². The number of amides is 2. The van der Waals surface area contributed by atoms with Crippen LogP contribution < -0.4 is 10.2 Å². The van der Waals surface area contributed by atoms with E-state index in [-0.39, 0.29) is 11.8 Å². The highest BCUT2D eigenvalue weighted by atomic mass is 32.2. The molecule has 0 atom stereocenters. The van der Waals surface area contributed by atoms with Gasteiger partial charge in [-0.1, -0.05) is 42.1 Å². The molecule has 1 fully saturated rings. The quantitative estimate of drug-likeness (QED) is 0.601. The van der Waals surface area contributed by atoms with Crippen LogP contribution >= 0.6 is 23.1 Å². The second kappa shape index (κ2) is 8.58. The summed E-state index contributed by atoms with van der Waals surface area (Å²) < 4.78 is 0.872. The molecule has 1 aliphatic rings. The highest BCUT2D eigenvalue weighted by molar-refractivity contribution is 8.01. The monoisotopic (exact) mass is 409 g/mol. The standard InChI is InChI=1S/C21H19N3O2S2/c25-19(14-28-21-23-18(13-27-21)15-5-2-1-3-6-15)22-16-8-10-17(11-9-16)24-12-4-7-20(24)26/h1-3,5-6,8-11,13H,4,7,12,14H2,(H,22,25). The summed E-state index contributed by atoms with van der Waals surface area (Å²) in [6, 6.07) is 17.4. The van der Waals surface area contributed by atoms with Crippen LogP contribution in [-0.2, 0) is 9.59 Å². The SMILES string of the molecule is O=C(CSc1nc(-c2ccccc2)cs1)Nc1ccc(N2CCCC2=O)cc1. The minimum atomic E-state index is -0.0774. The van der Waals surface area contributed by atoms with Crippen LogP contribution in [-0.4, -0.2) is 29.1 Å². The van der Waals surface area contributed by atoms with Gasteiger partial charge in [0.05, 0.1) is 11.4 Å². The molecule has 3 aromatic rings. The molecule has 5 nitrogen and oxygen atoms in total. The number of aromatic nitrogens is 1. The minimum Gasteiger partial charge on any atom is -0.325 e. The number of thioether (sulfide) groups is 1. The van der Waals surface area contributed by atoms with E-state index in [0.717, 1.165) is 39.9 Å². The minimum absolute atomic E-state index is 0.0774. The van der Waals surface area contributed by atoms with Crippen LogP contribution in [0.15, 0.2) is 64.3 Å². The Hall–Kier alpha value is -2.64. The summed E-state index contributed by atoms with van der Waals surface area (Å²) in [6.45, 7) is 0.764. The summed E-state index contributed by atoms with van der Waals surface area (Å²) >= 11 is 2.97. The third-order valence-corrected chi connectivity index (χ3v) is 6.44. The molecule has 0 radical (unpaired) electrons. The molecule has 2 heterocycles. The first kappa shape index (κ1) is 18.7. The van der Waals surface area contributed by atoms with Crippen molar-refractivity contribution in [3.8, 4) is 11.3 Å². The molecule has 1 aromatic heterocycles. The highest BCUT2D eigenvalue weighted by Gasteiger charge is 2.21. The van der Waals surface area contributed by atoms with Crippen LogP contribution in [0.5, 0.6) is 0 Å². The summed E-state index contributed by atoms with van der Waals surface area (Å²) in [4.78, 5) is 30.4. The van der Waals surface area contributed by atoms with Gasteiger partial charge in [-0.15, -0.1) is 11.3 Å². The van der Waals surface area contributed by atoms with Crippen LogP contribution in [0.2, 0.25) is 0 Å². The van der Waals surface area contributed by atoms with E-state index in [1.54, 1.807) is 16.2 Å². The van der Waals surface area contributed by atoms with E-state index in [2.05, 4.69) is 10.3 Å². The molecule has 0 saturated carbocycles. The van der Waals surface area contributed by atoms with Gasteiger partial charge in [0.2, 0.25) is 11.8 Å². The van der Waals surface area contributed by atoms with Crippen molar-refractivity contribution in [2.75, 3.05) is 22.5 Å². The smallest absolute Gasteiger partial charge is 0.234 e. The molecule has 7 heteroatoms. The van der Waals surface area contributed by atoms with Gasteiger partial charge in [0.1, 0.15) is 0 Å². The lowest BCUT2D eigenvalue weighted by Crippen LogP contribution is -2.23. The normalized spacial score (nSPS) is 13.7. The Labute approximate surface area is 171 Å². The van der Waals surface area contributed by atoms with Crippen LogP contribution in [0, 0.1) is 0 Å². The lowest BCUT2D eigenvalue weighted by Gasteiger charge is -2.16. The lowest BCUT2D eigenvalue weighted by atomic mass is 10.2. The summed E-state index contributed by atoms with van der Waals surface area (Å²) in [5, 5.41) is 4.90. The van der Waals surface area contributed by atoms with Crippen molar-refractivity contribution in [3.63, 3.8) is 0 Å². The maximum atomic E-state index is 12.2. The van der Waals surface area contributed by atoms with Crippen molar-refractivity contribution in [2.24, 2.45) is 0 Å². The van der Waals surface area contributed by atoms with Gasteiger partial charge >= 0.3 is 0 Å². The zero-order valence-corrected chi connectivity index (χ0v) is 16.8. The second-order valence-electron chi connectivity index (χ2n) is 6.40. The van der Waals surface area contributed by atoms with Crippen molar-refractivity contribution in [1.82, 2.24) is 4.98 Å². The third-order valence-electron chi connectivity index (χ3n) is 4.42. The maximum Gasteiger partial charge on any atom is 0.234 e. The summed E-state index contributed by atoms with van der Waals surface area (Å²) in [5.74, 6) is 0.381. The first-order valence-corrected chi connectivity index (χ1v) is 10.9.